The van der Waals surface area contributed by atoms with Crippen LogP contribution >= 0.6 is 0 Å². The van der Waals surface area contributed by atoms with Gasteiger partial charge in [0.2, 0.25) is 0 Å². The Hall–Kier alpha value is -0.160. The molecule has 3 aliphatic heterocycles. The molecule has 3 fully saturated rings. The van der Waals surface area contributed by atoms with Gasteiger partial charge in [0.15, 0.2) is 0 Å². The van der Waals surface area contributed by atoms with Gasteiger partial charge in [0.1, 0.15) is 0 Å². The van der Waals surface area contributed by atoms with E-state index in [-0.39, 0.29) is 0 Å². The largest absolute Gasteiger partial charge is 0.299 e. The second kappa shape index (κ2) is 5.45. The van der Waals surface area contributed by atoms with Crippen LogP contribution in [0, 0.1) is 5.92 Å². The summed E-state index contributed by atoms with van der Waals surface area (Å²) in [5.41, 5.74) is 3.07. The Balaban J connectivity index is 1.98. The predicted molar refractivity (Wildman–Crippen MR) is 67.0 cm³/mol. The first-order valence-electron chi connectivity index (χ1n) is 6.68. The Bertz CT molecular complexity index is 213. The highest BCUT2D eigenvalue weighted by Crippen LogP contribution is 2.23. The van der Waals surface area contributed by atoms with Gasteiger partial charge >= 0.3 is 0 Å². The maximum absolute atomic E-state index is 5.77. The quantitative estimate of drug-likeness (QED) is 0.521. The number of hydrogen-bond acceptors (Lipinski definition) is 4. The van der Waals surface area contributed by atoms with Crippen LogP contribution in [0.15, 0.2) is 0 Å². The molecule has 3 saturated heterocycles. The third-order valence-corrected chi connectivity index (χ3v) is 4.29. The molecule has 0 saturated carbocycles. The van der Waals surface area contributed by atoms with Gasteiger partial charge < -0.3 is 0 Å². The molecule has 0 amide bonds. The maximum atomic E-state index is 5.77. The number of rotatable bonds is 5. The van der Waals surface area contributed by atoms with Crippen molar-refractivity contribution in [2.45, 2.75) is 38.8 Å². The summed E-state index contributed by atoms with van der Waals surface area (Å²) in [6, 6.07) is 1.07. The fourth-order valence-electron chi connectivity index (χ4n) is 3.29. The van der Waals surface area contributed by atoms with E-state index in [4.69, 9.17) is 5.84 Å². The zero-order valence-corrected chi connectivity index (χ0v) is 10.7. The minimum Gasteiger partial charge on any atom is -0.299 e. The van der Waals surface area contributed by atoms with Gasteiger partial charge in [-0.25, -0.2) is 0 Å². The molecule has 3 unspecified atom stereocenters. The minimum absolute atomic E-state index is 0.447. The summed E-state index contributed by atoms with van der Waals surface area (Å²) in [5, 5.41) is 0. The first-order chi connectivity index (χ1) is 7.76. The lowest BCUT2D eigenvalue weighted by molar-refractivity contribution is -0.0125. The summed E-state index contributed by atoms with van der Waals surface area (Å²) < 4.78 is 0. The van der Waals surface area contributed by atoms with Crippen LogP contribution in [0.5, 0.6) is 0 Å². The molecule has 3 atom stereocenters. The standard InChI is InChI=1S/C12H26N4/c1-3-4-10(2)12(14-13)11-9-15-5-7-16(11)8-6-15/h10-12,14H,3-9,13H2,1-2H3. The van der Waals surface area contributed by atoms with Gasteiger partial charge in [-0.2, -0.15) is 0 Å². The number of nitrogens with zero attached hydrogens (tertiary/aromatic N) is 2. The van der Waals surface area contributed by atoms with Gasteiger partial charge in [-0.1, -0.05) is 20.3 Å². The van der Waals surface area contributed by atoms with Crippen LogP contribution in [0.3, 0.4) is 0 Å². The summed E-state index contributed by atoms with van der Waals surface area (Å²) in [6.45, 7) is 10.7. The molecular formula is C12H26N4. The average molecular weight is 226 g/mol. The average Bonchev–Trinajstić information content (AvgIpc) is 2.32. The molecule has 4 heteroatoms. The molecule has 0 aliphatic carbocycles. The van der Waals surface area contributed by atoms with Crippen molar-refractivity contribution in [3.05, 3.63) is 0 Å². The number of nitrogens with two attached hydrogens (primary N) is 1. The number of nitrogens with one attached hydrogen (secondary N) is 1. The minimum atomic E-state index is 0.447. The van der Waals surface area contributed by atoms with Gasteiger partial charge in [-0.3, -0.25) is 21.1 Å². The Morgan fingerprint density at radius 2 is 2.00 bits per heavy atom. The summed E-state index contributed by atoms with van der Waals surface area (Å²) in [6.07, 6.45) is 2.51. The molecule has 16 heavy (non-hydrogen) atoms. The lowest BCUT2D eigenvalue weighted by Crippen LogP contribution is -2.68. The molecule has 0 radical (unpaired) electrons. The van der Waals surface area contributed by atoms with Crippen LogP contribution in [-0.4, -0.2) is 54.6 Å². The van der Waals surface area contributed by atoms with Crippen LogP contribution in [0.25, 0.3) is 0 Å². The number of piperazine rings is 3. The zero-order valence-electron chi connectivity index (χ0n) is 10.7. The Kier molecular flexibility index (Phi) is 4.19. The normalized spacial score (nSPS) is 37.3. The SMILES string of the molecule is CCCC(C)C(NN)C1CN2CCN1CC2. The second-order valence-electron chi connectivity index (χ2n) is 5.36. The summed E-state index contributed by atoms with van der Waals surface area (Å²) in [5.74, 6) is 6.44. The second-order valence-corrected chi connectivity index (χ2v) is 5.36. The molecule has 3 rings (SSSR count). The predicted octanol–water partition coefficient (Wildman–Crippen LogP) is 0.254. The van der Waals surface area contributed by atoms with E-state index in [2.05, 4.69) is 29.1 Å². The molecule has 3 N–H and O–H groups in total. The van der Waals surface area contributed by atoms with Crippen molar-refractivity contribution in [2.24, 2.45) is 11.8 Å². The van der Waals surface area contributed by atoms with Crippen LogP contribution < -0.4 is 11.3 Å². The van der Waals surface area contributed by atoms with Crippen molar-refractivity contribution in [1.82, 2.24) is 15.2 Å². The lowest BCUT2D eigenvalue weighted by Gasteiger charge is -2.51. The number of hydrogen-bond donors (Lipinski definition) is 2. The van der Waals surface area contributed by atoms with Gasteiger partial charge in [0.05, 0.1) is 0 Å². The van der Waals surface area contributed by atoms with Crippen LogP contribution in [0.2, 0.25) is 0 Å². The molecule has 0 aromatic heterocycles. The highest BCUT2D eigenvalue weighted by molar-refractivity contribution is 4.95. The molecular weight excluding hydrogens is 200 g/mol. The van der Waals surface area contributed by atoms with Crippen LogP contribution in [-0.2, 0) is 0 Å². The fraction of sp³-hybridized carbons (Fsp3) is 1.00. The van der Waals surface area contributed by atoms with Crippen molar-refractivity contribution in [3.63, 3.8) is 0 Å². The molecule has 2 bridgehead atoms. The smallest absolute Gasteiger partial charge is 0.0404 e. The highest BCUT2D eigenvalue weighted by Gasteiger charge is 2.37. The van der Waals surface area contributed by atoms with E-state index >= 15 is 0 Å². The van der Waals surface area contributed by atoms with Crippen molar-refractivity contribution in [2.75, 3.05) is 32.7 Å². The van der Waals surface area contributed by atoms with E-state index in [1.54, 1.807) is 0 Å². The zero-order chi connectivity index (χ0) is 11.5. The van der Waals surface area contributed by atoms with Gasteiger partial charge in [-0.05, 0) is 12.3 Å². The van der Waals surface area contributed by atoms with E-state index < -0.39 is 0 Å². The van der Waals surface area contributed by atoms with Crippen molar-refractivity contribution >= 4 is 0 Å². The van der Waals surface area contributed by atoms with E-state index in [1.807, 2.05) is 0 Å². The topological polar surface area (TPSA) is 44.5 Å². The van der Waals surface area contributed by atoms with E-state index in [0.717, 1.165) is 0 Å². The van der Waals surface area contributed by atoms with Crippen LogP contribution in [0.1, 0.15) is 26.7 Å². The molecule has 0 aromatic rings. The summed E-state index contributed by atoms with van der Waals surface area (Å²) in [4.78, 5) is 5.20. The molecule has 0 aromatic carbocycles. The van der Waals surface area contributed by atoms with Gasteiger partial charge in [0, 0.05) is 44.8 Å². The summed E-state index contributed by atoms with van der Waals surface area (Å²) in [7, 11) is 0. The summed E-state index contributed by atoms with van der Waals surface area (Å²) >= 11 is 0. The third-order valence-electron chi connectivity index (χ3n) is 4.29. The first-order valence-corrected chi connectivity index (χ1v) is 6.68. The van der Waals surface area contributed by atoms with Crippen LogP contribution in [0.4, 0.5) is 0 Å². The molecule has 94 valence electrons. The molecule has 3 aliphatic rings. The Labute approximate surface area is 99.1 Å². The number of hydrazine groups is 1. The Morgan fingerprint density at radius 1 is 1.31 bits per heavy atom. The molecule has 0 spiro atoms. The monoisotopic (exact) mass is 226 g/mol. The van der Waals surface area contributed by atoms with Crippen molar-refractivity contribution < 1.29 is 0 Å². The van der Waals surface area contributed by atoms with Gasteiger partial charge in [0.25, 0.3) is 0 Å². The van der Waals surface area contributed by atoms with Crippen molar-refractivity contribution in [3.8, 4) is 0 Å². The molecule has 4 nitrogen and oxygen atoms in total. The van der Waals surface area contributed by atoms with E-state index in [9.17, 15) is 0 Å². The first kappa shape index (κ1) is 12.3. The third kappa shape index (κ3) is 2.40. The van der Waals surface area contributed by atoms with E-state index in [1.165, 1.54) is 45.6 Å². The molecule has 3 heterocycles. The lowest BCUT2D eigenvalue weighted by atomic mass is 9.88. The Morgan fingerprint density at radius 3 is 2.44 bits per heavy atom. The number of fused-ring (bicyclic) bond motifs is 3. The fourth-order valence-corrected chi connectivity index (χ4v) is 3.29. The van der Waals surface area contributed by atoms with Gasteiger partial charge in [-0.15, -0.1) is 0 Å². The highest BCUT2D eigenvalue weighted by atomic mass is 15.4. The van der Waals surface area contributed by atoms with Crippen molar-refractivity contribution in [1.29, 1.82) is 0 Å². The van der Waals surface area contributed by atoms with E-state index in [0.29, 0.717) is 18.0 Å². The maximum Gasteiger partial charge on any atom is 0.0404 e.